The number of halogens is 1. The third-order valence-electron chi connectivity index (χ3n) is 1.99. The summed E-state index contributed by atoms with van der Waals surface area (Å²) in [5.74, 6) is -2.44. The highest BCUT2D eigenvalue weighted by Crippen LogP contribution is 2.20. The molecule has 0 bridgehead atoms. The van der Waals surface area contributed by atoms with E-state index in [0.717, 1.165) is 0 Å². The van der Waals surface area contributed by atoms with Crippen LogP contribution in [0.3, 0.4) is 0 Å². The first-order valence-electron chi connectivity index (χ1n) is 4.73. The molecule has 7 nitrogen and oxygen atoms in total. The van der Waals surface area contributed by atoms with Crippen LogP contribution in [0.2, 0.25) is 0 Å². The van der Waals surface area contributed by atoms with E-state index in [1.807, 2.05) is 0 Å². The van der Waals surface area contributed by atoms with Gasteiger partial charge < -0.3 is 20.3 Å². The molecule has 0 rings (SSSR count). The van der Waals surface area contributed by atoms with Crippen LogP contribution in [-0.4, -0.2) is 47.3 Å². The lowest BCUT2D eigenvalue weighted by Gasteiger charge is -2.22. The Morgan fingerprint density at radius 1 is 1.35 bits per heavy atom. The minimum absolute atomic E-state index is 0.00386. The second-order valence-electron chi connectivity index (χ2n) is 3.61. The van der Waals surface area contributed by atoms with Crippen molar-refractivity contribution in [2.75, 3.05) is 19.0 Å². The van der Waals surface area contributed by atoms with Crippen molar-refractivity contribution in [2.45, 2.75) is 13.3 Å². The number of alkyl halides is 1. The molecule has 0 radical (unpaired) electrons. The van der Waals surface area contributed by atoms with Gasteiger partial charge in [0, 0.05) is 6.54 Å². The number of carboxylic acid groups (broad SMARTS) is 2. The van der Waals surface area contributed by atoms with Gasteiger partial charge in [0.1, 0.15) is 6.61 Å². The molecule has 0 aromatic rings. The first kappa shape index (κ1) is 15.5. The summed E-state index contributed by atoms with van der Waals surface area (Å²) in [5.41, 5.74) is -1.58. The number of rotatable bonds is 7. The van der Waals surface area contributed by atoms with E-state index in [0.29, 0.717) is 0 Å². The van der Waals surface area contributed by atoms with Gasteiger partial charge >= 0.3 is 18.0 Å². The van der Waals surface area contributed by atoms with Crippen molar-refractivity contribution in [1.29, 1.82) is 0 Å². The summed E-state index contributed by atoms with van der Waals surface area (Å²) in [6.45, 7) is 0.886. The Labute approximate surface area is 103 Å². The third-order valence-corrected chi connectivity index (χ3v) is 2.15. The van der Waals surface area contributed by atoms with Crippen LogP contribution in [0.25, 0.3) is 0 Å². The van der Waals surface area contributed by atoms with Gasteiger partial charge in [-0.3, -0.25) is 9.59 Å². The number of hydrogen-bond donors (Lipinski definition) is 3. The van der Waals surface area contributed by atoms with Crippen LogP contribution in [0.1, 0.15) is 13.3 Å². The monoisotopic (exact) mass is 267 g/mol. The molecular formula is C9H14ClNO6. The number of ether oxygens (including phenoxy) is 1. The van der Waals surface area contributed by atoms with Gasteiger partial charge in [0.2, 0.25) is 0 Å². The van der Waals surface area contributed by atoms with Gasteiger partial charge in [0.15, 0.2) is 0 Å². The van der Waals surface area contributed by atoms with Crippen LogP contribution in [0, 0.1) is 5.41 Å². The predicted octanol–water partition coefficient (Wildman–Crippen LogP) is 0.517. The first-order chi connectivity index (χ1) is 7.81. The minimum Gasteiger partial charge on any atom is -0.481 e. The third kappa shape index (κ3) is 5.96. The number of carboxylic acids is 2. The second kappa shape index (κ2) is 6.95. The van der Waals surface area contributed by atoms with Crippen molar-refractivity contribution in [2.24, 2.45) is 5.41 Å². The number of alkyl carbamates (subject to hydrolysis) is 1. The summed E-state index contributed by atoms with van der Waals surface area (Å²) in [6, 6.07) is 0. The molecule has 0 aliphatic rings. The van der Waals surface area contributed by atoms with Crippen LogP contribution in [0.5, 0.6) is 0 Å². The smallest absolute Gasteiger partial charge is 0.407 e. The average Bonchev–Trinajstić information content (AvgIpc) is 2.22. The van der Waals surface area contributed by atoms with Crippen LogP contribution >= 0.6 is 11.6 Å². The number of carbonyl (C=O) groups is 3. The molecule has 8 heteroatoms. The zero-order valence-corrected chi connectivity index (χ0v) is 9.99. The zero-order valence-electron chi connectivity index (χ0n) is 9.23. The van der Waals surface area contributed by atoms with Crippen LogP contribution < -0.4 is 5.32 Å². The summed E-state index contributed by atoms with van der Waals surface area (Å²) in [7, 11) is 0. The number of carbonyl (C=O) groups excluding carboxylic acids is 1. The molecule has 17 heavy (non-hydrogen) atoms. The van der Waals surface area contributed by atoms with E-state index in [1.165, 1.54) is 6.92 Å². The fraction of sp³-hybridized carbons (Fsp3) is 0.667. The molecular weight excluding hydrogens is 254 g/mol. The molecule has 1 unspecified atom stereocenters. The van der Waals surface area contributed by atoms with Crippen LogP contribution in [-0.2, 0) is 14.3 Å². The minimum atomic E-state index is -1.58. The van der Waals surface area contributed by atoms with Crippen molar-refractivity contribution in [1.82, 2.24) is 5.32 Å². The Morgan fingerprint density at radius 3 is 2.35 bits per heavy atom. The van der Waals surface area contributed by atoms with Gasteiger partial charge in [-0.05, 0) is 6.92 Å². The van der Waals surface area contributed by atoms with Crippen molar-refractivity contribution in [3.8, 4) is 0 Å². The van der Waals surface area contributed by atoms with Crippen molar-refractivity contribution >= 4 is 29.6 Å². The number of nitrogens with one attached hydrogen (secondary N) is 1. The Bertz CT molecular complexity index is 308. The lowest BCUT2D eigenvalue weighted by atomic mass is 9.87. The van der Waals surface area contributed by atoms with E-state index >= 15 is 0 Å². The van der Waals surface area contributed by atoms with E-state index in [9.17, 15) is 14.4 Å². The quantitative estimate of drug-likeness (QED) is 0.580. The number of aliphatic carboxylic acids is 2. The summed E-state index contributed by atoms with van der Waals surface area (Å²) in [4.78, 5) is 32.4. The summed E-state index contributed by atoms with van der Waals surface area (Å²) < 4.78 is 4.55. The molecule has 3 N–H and O–H groups in total. The molecule has 0 aromatic carbocycles. The van der Waals surface area contributed by atoms with Gasteiger partial charge in [0.25, 0.3) is 0 Å². The van der Waals surface area contributed by atoms with E-state index in [-0.39, 0.29) is 19.0 Å². The second-order valence-corrected chi connectivity index (χ2v) is 3.99. The maximum atomic E-state index is 11.0. The molecule has 0 fully saturated rings. The summed E-state index contributed by atoms with van der Waals surface area (Å²) >= 11 is 5.28. The first-order valence-corrected chi connectivity index (χ1v) is 5.27. The summed E-state index contributed by atoms with van der Waals surface area (Å²) in [6.07, 6.45) is -1.43. The standard InChI is InChI=1S/C9H14ClNO6/c1-9(7(14)15,4-6(12)13)5-11-8(16)17-3-2-10/h2-5H2,1H3,(H,11,16)(H,12,13)(H,14,15). The van der Waals surface area contributed by atoms with Gasteiger partial charge in [0.05, 0.1) is 17.7 Å². The Balaban J connectivity index is 4.32. The topological polar surface area (TPSA) is 113 Å². The predicted molar refractivity (Wildman–Crippen MR) is 58.1 cm³/mol. The molecule has 0 aliphatic carbocycles. The van der Waals surface area contributed by atoms with E-state index < -0.39 is 29.9 Å². The van der Waals surface area contributed by atoms with Crippen LogP contribution in [0.15, 0.2) is 0 Å². The fourth-order valence-corrected chi connectivity index (χ4v) is 1.07. The molecule has 0 spiro atoms. The molecule has 0 aliphatic heterocycles. The van der Waals surface area contributed by atoms with Crippen molar-refractivity contribution in [3.05, 3.63) is 0 Å². The summed E-state index contributed by atoms with van der Waals surface area (Å²) in [5, 5.41) is 19.7. The Morgan fingerprint density at radius 2 is 1.94 bits per heavy atom. The molecule has 0 saturated carbocycles. The van der Waals surface area contributed by atoms with Gasteiger partial charge in [-0.2, -0.15) is 0 Å². The Hall–Kier alpha value is -1.50. The highest BCUT2D eigenvalue weighted by atomic mass is 35.5. The van der Waals surface area contributed by atoms with E-state index in [2.05, 4.69) is 10.1 Å². The highest BCUT2D eigenvalue weighted by molar-refractivity contribution is 6.18. The lowest BCUT2D eigenvalue weighted by molar-refractivity contribution is -0.154. The van der Waals surface area contributed by atoms with Gasteiger partial charge in [-0.15, -0.1) is 11.6 Å². The van der Waals surface area contributed by atoms with Gasteiger partial charge in [-0.1, -0.05) is 0 Å². The fourth-order valence-electron chi connectivity index (χ4n) is 0.997. The molecule has 0 aromatic heterocycles. The van der Waals surface area contributed by atoms with Crippen molar-refractivity contribution in [3.63, 3.8) is 0 Å². The number of hydrogen-bond acceptors (Lipinski definition) is 4. The molecule has 1 amide bonds. The zero-order chi connectivity index (χ0) is 13.5. The molecule has 0 heterocycles. The molecule has 0 saturated heterocycles. The largest absolute Gasteiger partial charge is 0.481 e. The average molecular weight is 268 g/mol. The van der Waals surface area contributed by atoms with E-state index in [1.54, 1.807) is 0 Å². The maximum Gasteiger partial charge on any atom is 0.407 e. The van der Waals surface area contributed by atoms with Gasteiger partial charge in [-0.25, -0.2) is 4.79 Å². The normalized spacial score (nSPS) is 13.5. The molecule has 1 atom stereocenters. The lowest BCUT2D eigenvalue weighted by Crippen LogP contribution is -2.42. The van der Waals surface area contributed by atoms with Crippen molar-refractivity contribution < 1.29 is 29.3 Å². The molecule has 98 valence electrons. The Kier molecular flexibility index (Phi) is 6.34. The van der Waals surface area contributed by atoms with E-state index in [4.69, 9.17) is 21.8 Å². The number of amides is 1. The highest BCUT2D eigenvalue weighted by Gasteiger charge is 2.36. The maximum absolute atomic E-state index is 11.0. The van der Waals surface area contributed by atoms with Crippen LogP contribution in [0.4, 0.5) is 4.79 Å². The SMILES string of the molecule is CC(CNC(=O)OCCCl)(CC(=O)O)C(=O)O.